The van der Waals surface area contributed by atoms with E-state index in [1.807, 2.05) is 0 Å². The van der Waals surface area contributed by atoms with E-state index in [0.29, 0.717) is 65.8 Å². The zero-order chi connectivity index (χ0) is 17.7. The Morgan fingerprint density at radius 3 is 1.54 bits per heavy atom. The number of nitrogens with zero attached hydrogens (tertiary/aromatic N) is 2. The van der Waals surface area contributed by atoms with Crippen molar-refractivity contribution in [2.24, 2.45) is 5.18 Å². The third kappa shape index (κ3) is 17.7. The Bertz CT molecular complexity index is 242. The lowest BCUT2D eigenvalue weighted by molar-refractivity contribution is 0.0146. The van der Waals surface area contributed by atoms with Gasteiger partial charge in [0.25, 0.3) is 0 Å². The molecule has 0 fully saturated rings. The minimum Gasteiger partial charge on any atom is -0.394 e. The van der Waals surface area contributed by atoms with E-state index in [-0.39, 0.29) is 13.2 Å². The molecule has 0 saturated carbocycles. The monoisotopic (exact) mass is 352 g/mol. The Balaban J connectivity index is 3.66. The molecule has 0 spiro atoms. The minimum absolute atomic E-state index is 0.0174. The van der Waals surface area contributed by atoms with Gasteiger partial charge in [0.15, 0.2) is 0 Å². The van der Waals surface area contributed by atoms with Crippen LogP contribution in [0.4, 0.5) is 0 Å². The van der Waals surface area contributed by atoms with Crippen molar-refractivity contribution < 1.29 is 29.2 Å². The molecule has 0 radical (unpaired) electrons. The molecule has 0 aliphatic rings. The molecule has 0 aromatic carbocycles. The average Bonchev–Trinajstić information content (AvgIpc) is 2.59. The Hall–Kier alpha value is -0.680. The van der Waals surface area contributed by atoms with Gasteiger partial charge in [-0.05, 0) is 6.42 Å². The fourth-order valence-corrected chi connectivity index (χ4v) is 1.85. The van der Waals surface area contributed by atoms with E-state index in [2.05, 4.69) is 10.1 Å². The summed E-state index contributed by atoms with van der Waals surface area (Å²) in [5.41, 5.74) is 0. The van der Waals surface area contributed by atoms with Crippen LogP contribution in [0.25, 0.3) is 0 Å². The molecule has 0 heterocycles. The van der Waals surface area contributed by atoms with Crippen LogP contribution in [0, 0.1) is 4.91 Å². The number of ether oxygens (including phenoxy) is 4. The summed E-state index contributed by atoms with van der Waals surface area (Å²) in [5, 5.41) is 20.0. The number of hydrogen-bond acceptors (Lipinski definition) is 9. The van der Waals surface area contributed by atoms with Crippen LogP contribution in [0.2, 0.25) is 0 Å². The van der Waals surface area contributed by atoms with E-state index >= 15 is 0 Å². The van der Waals surface area contributed by atoms with Crippen molar-refractivity contribution >= 4 is 0 Å². The predicted octanol–water partition coefficient (Wildman–Crippen LogP) is -0.504. The number of aliphatic hydroxyl groups is 2. The van der Waals surface area contributed by atoms with E-state index in [1.165, 1.54) is 0 Å². The van der Waals surface area contributed by atoms with Gasteiger partial charge in [0.1, 0.15) is 0 Å². The molecule has 24 heavy (non-hydrogen) atoms. The second-order valence-corrected chi connectivity index (χ2v) is 4.94. The van der Waals surface area contributed by atoms with Gasteiger partial charge < -0.3 is 29.2 Å². The van der Waals surface area contributed by atoms with Gasteiger partial charge in [-0.25, -0.2) is 0 Å². The van der Waals surface area contributed by atoms with E-state index in [0.717, 1.165) is 19.6 Å². The van der Waals surface area contributed by atoms with Crippen LogP contribution in [-0.2, 0) is 18.9 Å². The maximum atomic E-state index is 10.2. The second kappa shape index (κ2) is 20.4. The molecule has 0 atom stereocenters. The normalized spacial score (nSPS) is 11.3. The van der Waals surface area contributed by atoms with Crippen molar-refractivity contribution in [2.75, 3.05) is 92.2 Å². The van der Waals surface area contributed by atoms with Crippen LogP contribution in [0.1, 0.15) is 6.42 Å². The van der Waals surface area contributed by atoms with Crippen molar-refractivity contribution in [1.29, 1.82) is 0 Å². The summed E-state index contributed by atoms with van der Waals surface area (Å²) in [6.45, 7) is 6.28. The zero-order valence-electron chi connectivity index (χ0n) is 14.4. The predicted molar refractivity (Wildman–Crippen MR) is 89.2 cm³/mol. The Labute approximate surface area is 143 Å². The summed E-state index contributed by atoms with van der Waals surface area (Å²) in [5.74, 6) is 0. The smallest absolute Gasteiger partial charge is 0.0823 e. The van der Waals surface area contributed by atoms with Crippen molar-refractivity contribution in [2.45, 2.75) is 6.42 Å². The van der Waals surface area contributed by atoms with Crippen LogP contribution < -0.4 is 0 Å². The summed E-state index contributed by atoms with van der Waals surface area (Å²) in [4.78, 5) is 12.3. The highest BCUT2D eigenvalue weighted by Crippen LogP contribution is 1.94. The SMILES string of the molecule is O=NCCCN(CCOCCOCCO)CCOCCOCCO. The molecular weight excluding hydrogens is 320 g/mol. The standard InChI is InChI=1S/C15H32N2O7/c18-6-10-23-14-12-21-8-4-17(3-1-2-16-20)5-9-22-13-15-24-11-7-19/h18-19H,1-15H2. The zero-order valence-corrected chi connectivity index (χ0v) is 14.4. The van der Waals surface area contributed by atoms with E-state index in [9.17, 15) is 4.91 Å². The van der Waals surface area contributed by atoms with Gasteiger partial charge >= 0.3 is 0 Å². The van der Waals surface area contributed by atoms with Gasteiger partial charge in [-0.2, -0.15) is 4.91 Å². The number of rotatable bonds is 20. The first-order valence-corrected chi connectivity index (χ1v) is 8.39. The average molecular weight is 352 g/mol. The summed E-state index contributed by atoms with van der Waals surface area (Å²) >= 11 is 0. The molecule has 0 aromatic heterocycles. The topological polar surface area (TPSA) is 110 Å². The summed E-state index contributed by atoms with van der Waals surface area (Å²) < 4.78 is 21.2. The molecular formula is C15H32N2O7. The fourth-order valence-electron chi connectivity index (χ4n) is 1.85. The molecule has 0 bridgehead atoms. The lowest BCUT2D eigenvalue weighted by Gasteiger charge is -2.21. The maximum absolute atomic E-state index is 10.2. The molecule has 9 nitrogen and oxygen atoms in total. The Kier molecular flexibility index (Phi) is 19.8. The molecule has 0 amide bonds. The summed E-state index contributed by atoms with van der Waals surface area (Å²) in [7, 11) is 0. The third-order valence-electron chi connectivity index (χ3n) is 3.04. The third-order valence-corrected chi connectivity index (χ3v) is 3.04. The van der Waals surface area contributed by atoms with E-state index < -0.39 is 0 Å². The highest BCUT2D eigenvalue weighted by molar-refractivity contribution is 4.59. The van der Waals surface area contributed by atoms with Crippen molar-refractivity contribution in [3.8, 4) is 0 Å². The van der Waals surface area contributed by atoms with Gasteiger partial charge in [-0.3, -0.25) is 4.90 Å². The van der Waals surface area contributed by atoms with Crippen molar-refractivity contribution in [3.63, 3.8) is 0 Å². The van der Waals surface area contributed by atoms with Crippen LogP contribution in [0.3, 0.4) is 0 Å². The highest BCUT2D eigenvalue weighted by atomic mass is 16.5. The Morgan fingerprint density at radius 1 is 0.667 bits per heavy atom. The quantitative estimate of drug-likeness (QED) is 0.223. The minimum atomic E-state index is 0.0174. The van der Waals surface area contributed by atoms with E-state index in [4.69, 9.17) is 29.2 Å². The van der Waals surface area contributed by atoms with Crippen molar-refractivity contribution in [1.82, 2.24) is 4.90 Å². The van der Waals surface area contributed by atoms with Crippen LogP contribution in [-0.4, -0.2) is 107 Å². The fraction of sp³-hybridized carbons (Fsp3) is 1.00. The van der Waals surface area contributed by atoms with Crippen LogP contribution in [0.5, 0.6) is 0 Å². The molecule has 9 heteroatoms. The summed E-state index contributed by atoms with van der Waals surface area (Å²) in [6, 6.07) is 0. The van der Waals surface area contributed by atoms with Gasteiger partial charge in [0.2, 0.25) is 0 Å². The van der Waals surface area contributed by atoms with Crippen LogP contribution in [0.15, 0.2) is 5.18 Å². The van der Waals surface area contributed by atoms with Crippen molar-refractivity contribution in [3.05, 3.63) is 4.91 Å². The molecule has 0 aliphatic heterocycles. The number of aliphatic hydroxyl groups excluding tert-OH is 2. The largest absolute Gasteiger partial charge is 0.394 e. The molecule has 0 saturated heterocycles. The van der Waals surface area contributed by atoms with Crippen LogP contribution >= 0.6 is 0 Å². The first-order valence-electron chi connectivity index (χ1n) is 8.39. The molecule has 0 aliphatic carbocycles. The first kappa shape index (κ1) is 23.3. The second-order valence-electron chi connectivity index (χ2n) is 4.94. The molecule has 0 unspecified atom stereocenters. The molecule has 2 N–H and O–H groups in total. The highest BCUT2D eigenvalue weighted by Gasteiger charge is 2.05. The van der Waals surface area contributed by atoms with Gasteiger partial charge in [-0.15, -0.1) is 0 Å². The lowest BCUT2D eigenvalue weighted by Crippen LogP contribution is -2.33. The molecule has 144 valence electrons. The van der Waals surface area contributed by atoms with E-state index in [1.54, 1.807) is 0 Å². The first-order chi connectivity index (χ1) is 11.8. The maximum Gasteiger partial charge on any atom is 0.0823 e. The molecule has 0 rings (SSSR count). The van der Waals surface area contributed by atoms with Gasteiger partial charge in [0.05, 0.1) is 72.6 Å². The number of hydrogen-bond donors (Lipinski definition) is 2. The number of nitroso groups, excluding NO2 is 1. The van der Waals surface area contributed by atoms with Gasteiger partial charge in [-0.1, -0.05) is 5.18 Å². The Morgan fingerprint density at radius 2 is 1.12 bits per heavy atom. The molecule has 0 aromatic rings. The summed E-state index contributed by atoms with van der Waals surface area (Å²) in [6.07, 6.45) is 0.711. The lowest BCUT2D eigenvalue weighted by atomic mass is 10.3. The van der Waals surface area contributed by atoms with Gasteiger partial charge in [0, 0.05) is 19.6 Å².